The fourth-order valence-corrected chi connectivity index (χ4v) is 1.89. The highest BCUT2D eigenvalue weighted by molar-refractivity contribution is 5.79. The summed E-state index contributed by atoms with van der Waals surface area (Å²) in [7, 11) is 6.01. The topological polar surface area (TPSA) is 18.8 Å². The van der Waals surface area contributed by atoms with Crippen molar-refractivity contribution in [1.29, 1.82) is 0 Å². The van der Waals surface area contributed by atoms with Crippen LogP contribution in [0.15, 0.2) is 65.8 Å². The minimum Gasteiger partial charge on any atom is -0.378 e. The Kier molecular flexibility index (Phi) is 5.16. The number of rotatable bonds is 5. The van der Waals surface area contributed by atoms with Gasteiger partial charge in [-0.25, -0.2) is 0 Å². The number of hydrogen-bond acceptors (Lipinski definition) is 3. The van der Waals surface area contributed by atoms with Crippen molar-refractivity contribution in [2.75, 3.05) is 31.1 Å². The maximum atomic E-state index is 4.37. The van der Waals surface area contributed by atoms with Crippen molar-refractivity contribution in [3.05, 3.63) is 66.2 Å². The van der Waals surface area contributed by atoms with Crippen molar-refractivity contribution in [2.45, 2.75) is 0 Å². The molecule has 2 aromatic carbocycles. The lowest BCUT2D eigenvalue weighted by atomic mass is 10.2. The number of benzene rings is 2. The molecule has 21 heavy (non-hydrogen) atoms. The van der Waals surface area contributed by atoms with Crippen LogP contribution in [0.5, 0.6) is 0 Å². The summed E-state index contributed by atoms with van der Waals surface area (Å²) in [6.07, 6.45) is 5.79. The van der Waals surface area contributed by atoms with Crippen LogP contribution >= 0.6 is 0 Å². The van der Waals surface area contributed by atoms with E-state index in [2.05, 4.69) is 34.3 Å². The Balaban J connectivity index is 1.94. The van der Waals surface area contributed by atoms with Crippen LogP contribution in [0, 0.1) is 0 Å². The first-order valence-corrected chi connectivity index (χ1v) is 6.93. The highest BCUT2D eigenvalue weighted by Crippen LogP contribution is 2.13. The van der Waals surface area contributed by atoms with E-state index in [1.54, 1.807) is 6.21 Å². The van der Waals surface area contributed by atoms with Gasteiger partial charge < -0.3 is 4.90 Å². The molecule has 108 valence electrons. The number of allylic oxidation sites excluding steroid dienone is 1. The average molecular weight is 279 g/mol. The van der Waals surface area contributed by atoms with Crippen LogP contribution < -0.4 is 9.91 Å². The zero-order chi connectivity index (χ0) is 15.1. The van der Waals surface area contributed by atoms with E-state index in [9.17, 15) is 0 Å². The van der Waals surface area contributed by atoms with Crippen molar-refractivity contribution in [3.63, 3.8) is 0 Å². The zero-order valence-electron chi connectivity index (χ0n) is 12.8. The third kappa shape index (κ3) is 4.49. The smallest absolute Gasteiger partial charge is 0.0590 e. The average Bonchev–Trinajstić information content (AvgIpc) is 2.52. The van der Waals surface area contributed by atoms with E-state index in [1.807, 2.05) is 68.6 Å². The first kappa shape index (κ1) is 14.9. The lowest BCUT2D eigenvalue weighted by molar-refractivity contribution is 1.03. The van der Waals surface area contributed by atoms with Crippen LogP contribution in [0.1, 0.15) is 5.56 Å². The molecule has 0 saturated heterocycles. The van der Waals surface area contributed by atoms with Gasteiger partial charge in [0.05, 0.1) is 5.69 Å². The van der Waals surface area contributed by atoms with Crippen LogP contribution in [0.25, 0.3) is 6.08 Å². The second kappa shape index (κ2) is 7.29. The Bertz CT molecular complexity index is 598. The molecule has 0 fully saturated rings. The molecule has 0 aliphatic rings. The van der Waals surface area contributed by atoms with Gasteiger partial charge in [-0.05, 0) is 35.9 Å². The molecular weight excluding hydrogens is 258 g/mol. The lowest BCUT2D eigenvalue weighted by Crippen LogP contribution is -2.08. The molecule has 0 radical (unpaired) electrons. The molecule has 2 aromatic rings. The molecule has 0 saturated carbocycles. The summed E-state index contributed by atoms with van der Waals surface area (Å²) < 4.78 is 0. The predicted molar refractivity (Wildman–Crippen MR) is 93.1 cm³/mol. The molecule has 0 amide bonds. The Labute approximate surface area is 126 Å². The number of nitrogens with zero attached hydrogens (tertiary/aromatic N) is 3. The minimum absolute atomic E-state index is 1.07. The van der Waals surface area contributed by atoms with Crippen molar-refractivity contribution >= 4 is 23.7 Å². The van der Waals surface area contributed by atoms with E-state index in [-0.39, 0.29) is 0 Å². The van der Waals surface area contributed by atoms with Gasteiger partial charge in [0.1, 0.15) is 0 Å². The molecule has 2 rings (SSSR count). The second-order valence-corrected chi connectivity index (χ2v) is 4.97. The van der Waals surface area contributed by atoms with Crippen molar-refractivity contribution in [1.82, 2.24) is 0 Å². The lowest BCUT2D eigenvalue weighted by Gasteiger charge is -2.12. The molecule has 0 aromatic heterocycles. The van der Waals surface area contributed by atoms with Gasteiger partial charge in [-0.3, -0.25) is 5.01 Å². The summed E-state index contributed by atoms with van der Waals surface area (Å²) in [5.41, 5.74) is 3.43. The molecular formula is C18H21N3. The van der Waals surface area contributed by atoms with Gasteiger partial charge in [-0.2, -0.15) is 5.10 Å². The van der Waals surface area contributed by atoms with Gasteiger partial charge in [0, 0.05) is 33.0 Å². The Morgan fingerprint density at radius 2 is 1.48 bits per heavy atom. The van der Waals surface area contributed by atoms with E-state index in [0.29, 0.717) is 0 Å². The van der Waals surface area contributed by atoms with Gasteiger partial charge in [0.25, 0.3) is 0 Å². The SMILES string of the molecule is CN(C)c1ccc(C=CC=NN(C)c2ccccc2)cc1. The zero-order valence-corrected chi connectivity index (χ0v) is 12.8. The van der Waals surface area contributed by atoms with Crippen LogP contribution in [0.2, 0.25) is 0 Å². The van der Waals surface area contributed by atoms with Crippen LogP contribution in [0.3, 0.4) is 0 Å². The molecule has 3 heteroatoms. The van der Waals surface area contributed by atoms with Crippen LogP contribution in [-0.4, -0.2) is 27.4 Å². The highest BCUT2D eigenvalue weighted by atomic mass is 15.4. The van der Waals surface area contributed by atoms with Gasteiger partial charge in [-0.15, -0.1) is 0 Å². The molecule has 0 heterocycles. The monoisotopic (exact) mass is 279 g/mol. The standard InChI is InChI=1S/C18H21N3/c1-20(2)17-13-11-16(12-14-17)8-7-15-19-21(3)18-9-5-4-6-10-18/h4-15H,1-3H3. The molecule has 0 bridgehead atoms. The number of anilines is 2. The van der Waals surface area contributed by atoms with Gasteiger partial charge in [0.15, 0.2) is 0 Å². The minimum atomic E-state index is 1.07. The van der Waals surface area contributed by atoms with E-state index < -0.39 is 0 Å². The highest BCUT2D eigenvalue weighted by Gasteiger charge is 1.94. The van der Waals surface area contributed by atoms with Crippen LogP contribution in [0.4, 0.5) is 11.4 Å². The number of hydrogen-bond donors (Lipinski definition) is 0. The Morgan fingerprint density at radius 3 is 2.10 bits per heavy atom. The van der Waals surface area contributed by atoms with E-state index >= 15 is 0 Å². The largest absolute Gasteiger partial charge is 0.378 e. The summed E-state index contributed by atoms with van der Waals surface area (Å²) >= 11 is 0. The van der Waals surface area contributed by atoms with Gasteiger partial charge in [-0.1, -0.05) is 36.4 Å². The molecule has 0 unspecified atom stereocenters. The molecule has 0 aliphatic heterocycles. The van der Waals surface area contributed by atoms with E-state index in [1.165, 1.54) is 5.69 Å². The van der Waals surface area contributed by atoms with E-state index in [0.717, 1.165) is 11.3 Å². The van der Waals surface area contributed by atoms with Gasteiger partial charge in [0.2, 0.25) is 0 Å². The molecule has 0 spiro atoms. The normalized spacial score (nSPS) is 11.2. The first-order valence-electron chi connectivity index (χ1n) is 6.93. The fraction of sp³-hybridized carbons (Fsp3) is 0.167. The summed E-state index contributed by atoms with van der Waals surface area (Å²) in [6, 6.07) is 18.5. The molecule has 0 aliphatic carbocycles. The molecule has 0 N–H and O–H groups in total. The summed E-state index contributed by atoms with van der Waals surface area (Å²) in [5.74, 6) is 0. The van der Waals surface area contributed by atoms with Crippen molar-refractivity contribution in [2.24, 2.45) is 5.10 Å². The summed E-state index contributed by atoms with van der Waals surface area (Å²) in [6.45, 7) is 0. The van der Waals surface area contributed by atoms with E-state index in [4.69, 9.17) is 0 Å². The van der Waals surface area contributed by atoms with Gasteiger partial charge >= 0.3 is 0 Å². The number of para-hydroxylation sites is 1. The summed E-state index contributed by atoms with van der Waals surface area (Å²) in [5, 5.41) is 6.22. The van der Waals surface area contributed by atoms with Crippen molar-refractivity contribution < 1.29 is 0 Å². The summed E-state index contributed by atoms with van der Waals surface area (Å²) in [4.78, 5) is 2.09. The molecule has 3 nitrogen and oxygen atoms in total. The molecule has 0 atom stereocenters. The van der Waals surface area contributed by atoms with Crippen LogP contribution in [-0.2, 0) is 0 Å². The quantitative estimate of drug-likeness (QED) is 0.611. The van der Waals surface area contributed by atoms with Crippen molar-refractivity contribution in [3.8, 4) is 0 Å². The first-order chi connectivity index (χ1) is 10.2. The third-order valence-corrected chi connectivity index (χ3v) is 3.15. The fourth-order valence-electron chi connectivity index (χ4n) is 1.89. The second-order valence-electron chi connectivity index (χ2n) is 4.97. The maximum Gasteiger partial charge on any atom is 0.0590 e. The third-order valence-electron chi connectivity index (χ3n) is 3.15. The Morgan fingerprint density at radius 1 is 0.810 bits per heavy atom. The maximum absolute atomic E-state index is 4.37. The number of hydrazone groups is 1. The Hall–Kier alpha value is -2.55. The predicted octanol–water partition coefficient (Wildman–Crippen LogP) is 3.89.